The Kier molecular flexibility index (Phi) is 3.96. The van der Waals surface area contributed by atoms with E-state index in [2.05, 4.69) is 9.80 Å². The van der Waals surface area contributed by atoms with E-state index in [1.807, 2.05) is 0 Å². The minimum atomic E-state index is -0.728. The highest BCUT2D eigenvalue weighted by molar-refractivity contribution is 5.79. The van der Waals surface area contributed by atoms with Crippen LogP contribution in [0.2, 0.25) is 0 Å². The van der Waals surface area contributed by atoms with Crippen LogP contribution in [0.25, 0.3) is 0 Å². The second-order valence-corrected chi connectivity index (χ2v) is 9.63. The van der Waals surface area contributed by atoms with Crippen LogP contribution >= 0.6 is 0 Å². The first-order valence-electron chi connectivity index (χ1n) is 10.6. The molecule has 0 aromatic carbocycles. The molecule has 144 valence electrons. The molecule has 1 spiro atoms. The fourth-order valence-electron chi connectivity index (χ4n) is 6.22. The van der Waals surface area contributed by atoms with Gasteiger partial charge >= 0.3 is 6.09 Å². The van der Waals surface area contributed by atoms with Crippen molar-refractivity contribution in [2.45, 2.75) is 75.9 Å². The van der Waals surface area contributed by atoms with Crippen molar-refractivity contribution in [3.63, 3.8) is 0 Å². The minimum Gasteiger partial charge on any atom is -0.465 e. The first-order valence-corrected chi connectivity index (χ1v) is 10.6. The molecule has 1 aliphatic carbocycles. The van der Waals surface area contributed by atoms with Crippen molar-refractivity contribution in [2.75, 3.05) is 26.2 Å². The highest BCUT2D eigenvalue weighted by Crippen LogP contribution is 2.45. The van der Waals surface area contributed by atoms with Gasteiger partial charge < -0.3 is 19.8 Å². The van der Waals surface area contributed by atoms with Gasteiger partial charge in [-0.25, -0.2) is 4.79 Å². The molecule has 2 bridgehead atoms. The van der Waals surface area contributed by atoms with Gasteiger partial charge in [-0.3, -0.25) is 4.79 Å². The van der Waals surface area contributed by atoms with E-state index in [0.29, 0.717) is 11.9 Å². The third kappa shape index (κ3) is 2.90. The fourth-order valence-corrected chi connectivity index (χ4v) is 6.22. The van der Waals surface area contributed by atoms with Crippen molar-refractivity contribution >= 4 is 12.0 Å². The summed E-state index contributed by atoms with van der Waals surface area (Å²) in [4.78, 5) is 30.4. The van der Waals surface area contributed by atoms with Gasteiger partial charge in [0.1, 0.15) is 0 Å². The molecule has 0 aromatic heterocycles. The Hall–Kier alpha value is -1.30. The van der Waals surface area contributed by atoms with Crippen molar-refractivity contribution in [1.29, 1.82) is 0 Å². The van der Waals surface area contributed by atoms with E-state index in [4.69, 9.17) is 0 Å². The number of carboxylic acid groups (broad SMARTS) is 1. The third-order valence-electron chi connectivity index (χ3n) is 7.88. The summed E-state index contributed by atoms with van der Waals surface area (Å²) >= 11 is 0. The fraction of sp³-hybridized carbons (Fsp3) is 0.900. The molecule has 0 aromatic rings. The lowest BCUT2D eigenvalue weighted by molar-refractivity contribution is -0.128. The van der Waals surface area contributed by atoms with E-state index in [0.717, 1.165) is 77.0 Å². The summed E-state index contributed by atoms with van der Waals surface area (Å²) in [5.41, 5.74) is 0.225. The lowest BCUT2D eigenvalue weighted by Gasteiger charge is -2.46. The van der Waals surface area contributed by atoms with Gasteiger partial charge in [-0.05, 0) is 75.8 Å². The van der Waals surface area contributed by atoms with Gasteiger partial charge in [0.25, 0.3) is 0 Å². The summed E-state index contributed by atoms with van der Waals surface area (Å²) in [7, 11) is 0. The zero-order chi connectivity index (χ0) is 17.9. The SMILES string of the molecule is O=C1CC2(CCN(C3CC4CCC(C3)N4C(=O)O)CC2)CN1CC1CC1. The number of piperidine rings is 2. The van der Waals surface area contributed by atoms with Crippen LogP contribution in [0.15, 0.2) is 0 Å². The van der Waals surface area contributed by atoms with Crippen molar-refractivity contribution in [3.8, 4) is 0 Å². The molecular weight excluding hydrogens is 330 g/mol. The molecule has 4 aliphatic heterocycles. The average molecular weight is 361 g/mol. The van der Waals surface area contributed by atoms with Gasteiger partial charge in [0.2, 0.25) is 5.91 Å². The number of carbonyl (C=O) groups is 2. The second-order valence-electron chi connectivity index (χ2n) is 9.63. The number of nitrogens with zero attached hydrogens (tertiary/aromatic N) is 3. The van der Waals surface area contributed by atoms with Crippen LogP contribution in [0, 0.1) is 11.3 Å². The predicted octanol–water partition coefficient (Wildman–Crippen LogP) is 2.38. The summed E-state index contributed by atoms with van der Waals surface area (Å²) in [5, 5.41) is 9.45. The molecule has 4 heterocycles. The first-order chi connectivity index (χ1) is 12.5. The van der Waals surface area contributed by atoms with Gasteiger partial charge in [-0.15, -0.1) is 0 Å². The van der Waals surface area contributed by atoms with Crippen molar-refractivity contribution in [3.05, 3.63) is 0 Å². The van der Waals surface area contributed by atoms with Crippen LogP contribution in [0.4, 0.5) is 4.79 Å². The molecule has 2 amide bonds. The Morgan fingerprint density at radius 3 is 2.27 bits per heavy atom. The molecule has 2 atom stereocenters. The first kappa shape index (κ1) is 16.8. The predicted molar refractivity (Wildman–Crippen MR) is 96.9 cm³/mol. The maximum absolute atomic E-state index is 12.4. The second kappa shape index (κ2) is 6.11. The Labute approximate surface area is 155 Å². The topological polar surface area (TPSA) is 64.1 Å². The van der Waals surface area contributed by atoms with E-state index in [9.17, 15) is 14.7 Å². The maximum atomic E-state index is 12.4. The van der Waals surface area contributed by atoms with E-state index < -0.39 is 6.09 Å². The smallest absolute Gasteiger partial charge is 0.407 e. The molecule has 26 heavy (non-hydrogen) atoms. The van der Waals surface area contributed by atoms with Gasteiger partial charge in [-0.2, -0.15) is 0 Å². The average Bonchev–Trinajstić information content (AvgIpc) is 3.32. The standard InChI is InChI=1S/C20H31N3O3/c24-18-11-20(13-22(18)12-14-1-2-14)5-7-21(8-6-20)17-9-15-3-4-16(10-17)23(15)19(25)26/h14-17H,1-13H2,(H,25,26). The number of rotatable bonds is 3. The van der Waals surface area contributed by atoms with Crippen molar-refractivity contribution in [1.82, 2.24) is 14.7 Å². The van der Waals surface area contributed by atoms with Crippen molar-refractivity contribution in [2.24, 2.45) is 11.3 Å². The minimum absolute atomic E-state index is 0.225. The molecule has 2 unspecified atom stereocenters. The third-order valence-corrected chi connectivity index (χ3v) is 7.88. The van der Waals surface area contributed by atoms with E-state index >= 15 is 0 Å². The quantitative estimate of drug-likeness (QED) is 0.838. The number of amides is 2. The molecule has 5 aliphatic rings. The van der Waals surface area contributed by atoms with Crippen LogP contribution in [0.3, 0.4) is 0 Å². The van der Waals surface area contributed by atoms with Crippen LogP contribution in [0.1, 0.15) is 57.8 Å². The largest absolute Gasteiger partial charge is 0.465 e. The van der Waals surface area contributed by atoms with Crippen LogP contribution < -0.4 is 0 Å². The van der Waals surface area contributed by atoms with E-state index in [1.54, 1.807) is 4.90 Å². The maximum Gasteiger partial charge on any atom is 0.407 e. The summed E-state index contributed by atoms with van der Waals surface area (Å²) in [5.74, 6) is 1.17. The summed E-state index contributed by atoms with van der Waals surface area (Å²) < 4.78 is 0. The number of fused-ring (bicyclic) bond motifs is 2. The molecule has 0 radical (unpaired) electrons. The molecule has 1 N–H and O–H groups in total. The summed E-state index contributed by atoms with van der Waals surface area (Å²) in [6.07, 6.45) is 8.99. The molecular formula is C20H31N3O3. The lowest BCUT2D eigenvalue weighted by Crippen LogP contribution is -2.54. The lowest BCUT2D eigenvalue weighted by atomic mass is 9.77. The molecule has 1 saturated carbocycles. The summed E-state index contributed by atoms with van der Waals surface area (Å²) in [6, 6.07) is 1.00. The van der Waals surface area contributed by atoms with Crippen molar-refractivity contribution < 1.29 is 14.7 Å². The molecule has 6 heteroatoms. The highest BCUT2D eigenvalue weighted by atomic mass is 16.4. The Morgan fingerprint density at radius 2 is 1.69 bits per heavy atom. The van der Waals surface area contributed by atoms with Crippen LogP contribution in [-0.2, 0) is 4.79 Å². The zero-order valence-electron chi connectivity index (χ0n) is 15.6. The molecule has 5 fully saturated rings. The van der Waals surface area contributed by atoms with Crippen LogP contribution in [0.5, 0.6) is 0 Å². The van der Waals surface area contributed by atoms with Gasteiger partial charge in [0.15, 0.2) is 0 Å². The van der Waals surface area contributed by atoms with Gasteiger partial charge in [-0.1, -0.05) is 0 Å². The number of hydrogen-bond donors (Lipinski definition) is 1. The molecule has 6 nitrogen and oxygen atoms in total. The number of carbonyl (C=O) groups excluding carboxylic acids is 1. The Balaban J connectivity index is 1.18. The normalized spacial score (nSPS) is 36.9. The highest BCUT2D eigenvalue weighted by Gasteiger charge is 2.49. The Morgan fingerprint density at radius 1 is 1.04 bits per heavy atom. The number of hydrogen-bond acceptors (Lipinski definition) is 3. The summed E-state index contributed by atoms with van der Waals surface area (Å²) in [6.45, 7) is 4.16. The number of likely N-dealkylation sites (tertiary alicyclic amines) is 2. The molecule has 4 saturated heterocycles. The zero-order valence-corrected chi connectivity index (χ0v) is 15.6. The monoisotopic (exact) mass is 361 g/mol. The van der Waals surface area contributed by atoms with E-state index in [1.165, 1.54) is 12.8 Å². The van der Waals surface area contributed by atoms with Gasteiger partial charge in [0, 0.05) is 37.6 Å². The Bertz CT molecular complexity index is 583. The molecule has 5 rings (SSSR count). The van der Waals surface area contributed by atoms with Crippen LogP contribution in [-0.4, -0.2) is 76.1 Å². The van der Waals surface area contributed by atoms with E-state index in [-0.39, 0.29) is 17.5 Å². The van der Waals surface area contributed by atoms with Gasteiger partial charge in [0.05, 0.1) is 0 Å².